The van der Waals surface area contributed by atoms with E-state index in [2.05, 4.69) is 11.9 Å². The Morgan fingerprint density at radius 3 is 2.61 bits per heavy atom. The number of hydrogen-bond donors (Lipinski definition) is 2. The first kappa shape index (κ1) is 14.7. The summed E-state index contributed by atoms with van der Waals surface area (Å²) in [5.41, 5.74) is 5.83. The van der Waals surface area contributed by atoms with Gasteiger partial charge in [0, 0.05) is 13.5 Å². The minimum Gasteiger partial charge on any atom is -0.396 e. The molecule has 0 fully saturated rings. The highest BCUT2D eigenvalue weighted by atomic mass is 32.2. The van der Waals surface area contributed by atoms with Crippen LogP contribution in [0.4, 0.5) is 10.7 Å². The van der Waals surface area contributed by atoms with Crippen molar-refractivity contribution in [2.24, 2.45) is 0 Å². The molecule has 0 unspecified atom stereocenters. The number of nitrogens with two attached hydrogens (primary N) is 1. The number of Topliss-reactive ketones (excluding diaryl/α,β-unsaturated/α-hetero) is 1. The van der Waals surface area contributed by atoms with Gasteiger partial charge in [0.25, 0.3) is 0 Å². The van der Waals surface area contributed by atoms with Crippen LogP contribution < -0.4 is 11.1 Å². The van der Waals surface area contributed by atoms with Gasteiger partial charge in [0.05, 0.1) is 16.3 Å². The molecular weight excluding hydrogens is 272 g/mol. The third kappa shape index (κ3) is 2.73. The van der Waals surface area contributed by atoms with Gasteiger partial charge in [-0.15, -0.1) is 17.9 Å². The van der Waals surface area contributed by atoms with E-state index in [9.17, 15) is 13.2 Å². The smallest absolute Gasteiger partial charge is 0.183 e. The Morgan fingerprint density at radius 1 is 1.56 bits per heavy atom. The van der Waals surface area contributed by atoms with Gasteiger partial charge in [0.2, 0.25) is 0 Å². The summed E-state index contributed by atoms with van der Waals surface area (Å²) in [5, 5.41) is 3.31. The zero-order valence-corrected chi connectivity index (χ0v) is 12.0. The maximum Gasteiger partial charge on any atom is 0.183 e. The first-order chi connectivity index (χ1) is 8.35. The minimum absolute atomic E-state index is 0.0297. The molecule has 1 heterocycles. The molecule has 0 amide bonds. The van der Waals surface area contributed by atoms with Crippen molar-refractivity contribution in [3.63, 3.8) is 0 Å². The number of thiophene rings is 1. The third-order valence-electron chi connectivity index (χ3n) is 2.32. The molecular formula is C11H16N2O3S2. The van der Waals surface area contributed by atoms with Gasteiger partial charge in [-0.25, -0.2) is 8.42 Å². The van der Waals surface area contributed by atoms with E-state index in [-0.39, 0.29) is 27.0 Å². The molecule has 1 aromatic rings. The fourth-order valence-corrected chi connectivity index (χ4v) is 3.99. The van der Waals surface area contributed by atoms with Crippen LogP contribution >= 0.6 is 11.3 Å². The quantitative estimate of drug-likeness (QED) is 0.616. The van der Waals surface area contributed by atoms with Gasteiger partial charge >= 0.3 is 0 Å². The molecule has 0 aromatic carbocycles. The van der Waals surface area contributed by atoms with Gasteiger partial charge in [0.15, 0.2) is 15.6 Å². The molecule has 1 aromatic heterocycles. The van der Waals surface area contributed by atoms with Crippen molar-refractivity contribution in [3.05, 3.63) is 17.5 Å². The Balaban J connectivity index is 3.45. The van der Waals surface area contributed by atoms with Crippen LogP contribution in [0, 0.1) is 0 Å². The lowest BCUT2D eigenvalue weighted by Gasteiger charge is -2.05. The van der Waals surface area contributed by atoms with Crippen LogP contribution in [0.5, 0.6) is 0 Å². The van der Waals surface area contributed by atoms with E-state index < -0.39 is 9.84 Å². The van der Waals surface area contributed by atoms with E-state index in [1.165, 1.54) is 13.8 Å². The molecule has 7 heteroatoms. The lowest BCUT2D eigenvalue weighted by Crippen LogP contribution is -2.09. The second-order valence-electron chi connectivity index (χ2n) is 3.63. The van der Waals surface area contributed by atoms with Crippen molar-refractivity contribution in [1.82, 2.24) is 0 Å². The highest BCUT2D eigenvalue weighted by molar-refractivity contribution is 7.91. The molecule has 18 heavy (non-hydrogen) atoms. The summed E-state index contributed by atoms with van der Waals surface area (Å²) in [6.45, 7) is 6.85. The Bertz CT molecular complexity index is 573. The van der Waals surface area contributed by atoms with E-state index in [1.807, 2.05) is 0 Å². The zero-order valence-electron chi connectivity index (χ0n) is 10.3. The maximum absolute atomic E-state index is 12.0. The number of hydrogen-bond acceptors (Lipinski definition) is 6. The molecule has 0 radical (unpaired) electrons. The Morgan fingerprint density at radius 2 is 2.17 bits per heavy atom. The van der Waals surface area contributed by atoms with Gasteiger partial charge in [-0.2, -0.15) is 0 Å². The molecule has 0 aliphatic rings. The monoisotopic (exact) mass is 288 g/mol. The number of carbonyl (C=O) groups is 1. The number of ketones is 1. The summed E-state index contributed by atoms with van der Waals surface area (Å²) in [4.78, 5) is 11.7. The third-order valence-corrected chi connectivity index (χ3v) is 5.52. The van der Waals surface area contributed by atoms with Crippen LogP contribution in [-0.4, -0.2) is 26.5 Å². The number of anilines is 2. The van der Waals surface area contributed by atoms with Crippen LogP contribution in [0.2, 0.25) is 0 Å². The highest BCUT2D eigenvalue weighted by Gasteiger charge is 2.27. The molecule has 0 aliphatic heterocycles. The van der Waals surface area contributed by atoms with Crippen LogP contribution in [0.25, 0.3) is 0 Å². The van der Waals surface area contributed by atoms with Crippen molar-refractivity contribution in [2.75, 3.05) is 23.3 Å². The molecule has 0 atom stereocenters. The molecule has 0 aliphatic carbocycles. The Labute approximate surface area is 111 Å². The molecule has 0 saturated heterocycles. The topological polar surface area (TPSA) is 89.3 Å². The van der Waals surface area contributed by atoms with Crippen molar-refractivity contribution in [1.29, 1.82) is 0 Å². The lowest BCUT2D eigenvalue weighted by molar-refractivity contribution is 0.102. The molecule has 0 saturated carbocycles. The van der Waals surface area contributed by atoms with Crippen LogP contribution in [0.3, 0.4) is 0 Å². The first-order valence-corrected chi connectivity index (χ1v) is 7.82. The Kier molecular flexibility index (Phi) is 4.53. The standard InChI is InChI=1S/C11H16N2O3S2/c1-4-6-13-11-10(18(15,16)5-2)8(12)9(17-11)7(3)14/h4,13H,1,5-6,12H2,2-3H3. The van der Waals surface area contributed by atoms with E-state index in [4.69, 9.17) is 5.73 Å². The lowest BCUT2D eigenvalue weighted by atomic mass is 10.3. The number of nitrogen functional groups attached to an aromatic ring is 1. The summed E-state index contributed by atoms with van der Waals surface area (Å²) in [7, 11) is -3.47. The molecule has 0 spiro atoms. The average molecular weight is 288 g/mol. The van der Waals surface area contributed by atoms with E-state index in [1.54, 1.807) is 6.08 Å². The number of rotatable bonds is 6. The zero-order chi connectivity index (χ0) is 13.9. The van der Waals surface area contributed by atoms with Gasteiger partial charge < -0.3 is 11.1 Å². The molecule has 5 nitrogen and oxygen atoms in total. The largest absolute Gasteiger partial charge is 0.396 e. The second-order valence-corrected chi connectivity index (χ2v) is 6.87. The fraction of sp³-hybridized carbons (Fsp3) is 0.364. The van der Waals surface area contributed by atoms with Gasteiger partial charge in [-0.1, -0.05) is 13.0 Å². The normalized spacial score (nSPS) is 11.2. The second kappa shape index (κ2) is 5.53. The van der Waals surface area contributed by atoms with Gasteiger partial charge in [-0.05, 0) is 0 Å². The maximum atomic E-state index is 12.0. The van der Waals surface area contributed by atoms with Crippen LogP contribution in [-0.2, 0) is 9.84 Å². The Hall–Kier alpha value is -1.34. The van der Waals surface area contributed by atoms with Crippen LogP contribution in [0.15, 0.2) is 17.6 Å². The predicted molar refractivity (Wildman–Crippen MR) is 75.1 cm³/mol. The van der Waals surface area contributed by atoms with E-state index in [0.717, 1.165) is 11.3 Å². The number of sulfone groups is 1. The van der Waals surface area contributed by atoms with Crippen LogP contribution in [0.1, 0.15) is 23.5 Å². The van der Waals surface area contributed by atoms with Crippen molar-refractivity contribution in [3.8, 4) is 0 Å². The molecule has 1 rings (SSSR count). The number of carbonyl (C=O) groups excluding carboxylic acids is 1. The molecule has 0 bridgehead atoms. The first-order valence-electron chi connectivity index (χ1n) is 5.35. The van der Waals surface area contributed by atoms with E-state index >= 15 is 0 Å². The van der Waals surface area contributed by atoms with Crippen molar-refractivity contribution in [2.45, 2.75) is 18.7 Å². The van der Waals surface area contributed by atoms with Gasteiger partial charge in [-0.3, -0.25) is 4.79 Å². The summed E-state index contributed by atoms with van der Waals surface area (Å²) >= 11 is 1.06. The molecule has 3 N–H and O–H groups in total. The van der Waals surface area contributed by atoms with E-state index in [0.29, 0.717) is 11.5 Å². The van der Waals surface area contributed by atoms with Gasteiger partial charge in [0.1, 0.15) is 9.90 Å². The van der Waals surface area contributed by atoms with Crippen molar-refractivity contribution >= 4 is 37.6 Å². The highest BCUT2D eigenvalue weighted by Crippen LogP contribution is 2.39. The summed E-state index contributed by atoms with van der Waals surface area (Å²) in [5.74, 6) is -0.301. The SMILES string of the molecule is C=CCNc1sc(C(C)=O)c(N)c1S(=O)(=O)CC. The predicted octanol–water partition coefficient (Wildman–Crippen LogP) is 1.92. The summed E-state index contributed by atoms with van der Waals surface area (Å²) in [6.07, 6.45) is 1.60. The molecule has 100 valence electrons. The van der Waals surface area contributed by atoms with Crippen molar-refractivity contribution < 1.29 is 13.2 Å². The summed E-state index contributed by atoms with van der Waals surface area (Å²) in [6, 6.07) is 0. The minimum atomic E-state index is -3.47. The fourth-order valence-electron chi connectivity index (χ4n) is 1.42. The number of nitrogens with one attached hydrogen (secondary N) is 1. The summed E-state index contributed by atoms with van der Waals surface area (Å²) < 4.78 is 24.0. The average Bonchev–Trinajstić information content (AvgIpc) is 2.64.